The van der Waals surface area contributed by atoms with E-state index >= 15 is 0 Å². The lowest BCUT2D eigenvalue weighted by atomic mass is 10.0. The van der Waals surface area contributed by atoms with E-state index in [4.69, 9.17) is 0 Å². The Morgan fingerprint density at radius 1 is 1.15 bits per heavy atom. The van der Waals surface area contributed by atoms with Gasteiger partial charge in [-0.15, -0.1) is 0 Å². The number of H-pyrrole nitrogens is 1. The van der Waals surface area contributed by atoms with Crippen LogP contribution in [0, 0.1) is 5.92 Å². The second-order valence-electron chi connectivity index (χ2n) is 7.25. The minimum Gasteiger partial charge on any atom is -0.346 e. The average Bonchev–Trinajstić information content (AvgIpc) is 3.21. The zero-order valence-corrected chi connectivity index (χ0v) is 15.3. The summed E-state index contributed by atoms with van der Waals surface area (Å²) in [5, 5.41) is 5.97. The molecule has 2 heterocycles. The molecule has 0 aliphatic carbocycles. The standard InChI is InChI=1S/C21H22N4O2/c1-12(2)19(20-22-15-9-5-6-10-16(15)23-20)25-18(26)11-17-13-7-3-4-8-14(13)21(27)24-17/h3-10,12,17,19H,11H2,1-2H3,(H,22,23)(H,24,27)(H,25,26). The molecule has 4 rings (SSSR count). The zero-order valence-electron chi connectivity index (χ0n) is 15.3. The molecule has 1 aliphatic heterocycles. The van der Waals surface area contributed by atoms with Gasteiger partial charge in [0.25, 0.3) is 5.91 Å². The summed E-state index contributed by atoms with van der Waals surface area (Å²) in [6, 6.07) is 14.7. The van der Waals surface area contributed by atoms with Crippen molar-refractivity contribution < 1.29 is 9.59 Å². The van der Waals surface area contributed by atoms with Crippen LogP contribution in [0.4, 0.5) is 0 Å². The summed E-state index contributed by atoms with van der Waals surface area (Å²) < 4.78 is 0. The molecular weight excluding hydrogens is 340 g/mol. The molecule has 3 N–H and O–H groups in total. The Hall–Kier alpha value is -3.15. The van der Waals surface area contributed by atoms with Gasteiger partial charge < -0.3 is 15.6 Å². The van der Waals surface area contributed by atoms with Gasteiger partial charge in [0.15, 0.2) is 0 Å². The number of amides is 2. The van der Waals surface area contributed by atoms with E-state index in [1.54, 1.807) is 6.07 Å². The lowest BCUT2D eigenvalue weighted by Crippen LogP contribution is -2.34. The fourth-order valence-corrected chi connectivity index (χ4v) is 3.57. The van der Waals surface area contributed by atoms with Crippen molar-refractivity contribution >= 4 is 22.8 Å². The summed E-state index contributed by atoms with van der Waals surface area (Å²) >= 11 is 0. The van der Waals surface area contributed by atoms with Crippen molar-refractivity contribution in [2.45, 2.75) is 32.4 Å². The molecule has 6 nitrogen and oxygen atoms in total. The van der Waals surface area contributed by atoms with Gasteiger partial charge in [0, 0.05) is 5.56 Å². The molecular formula is C21H22N4O2. The number of imidazole rings is 1. The van der Waals surface area contributed by atoms with Crippen molar-refractivity contribution in [2.75, 3.05) is 0 Å². The Bertz CT molecular complexity index is 975. The molecule has 2 unspecified atom stereocenters. The second-order valence-corrected chi connectivity index (χ2v) is 7.25. The van der Waals surface area contributed by atoms with Crippen molar-refractivity contribution in [3.8, 4) is 0 Å². The maximum atomic E-state index is 12.7. The number of hydrogen-bond donors (Lipinski definition) is 3. The summed E-state index contributed by atoms with van der Waals surface area (Å²) in [5.74, 6) is 0.674. The zero-order chi connectivity index (χ0) is 19.0. The smallest absolute Gasteiger partial charge is 0.252 e. The number of carbonyl (C=O) groups excluding carboxylic acids is 2. The van der Waals surface area contributed by atoms with E-state index in [-0.39, 0.29) is 36.2 Å². The van der Waals surface area contributed by atoms with E-state index in [1.807, 2.05) is 56.3 Å². The van der Waals surface area contributed by atoms with Crippen LogP contribution in [-0.4, -0.2) is 21.8 Å². The second kappa shape index (κ2) is 6.87. The highest BCUT2D eigenvalue weighted by molar-refractivity contribution is 5.99. The molecule has 0 saturated heterocycles. The molecule has 2 atom stereocenters. The summed E-state index contributed by atoms with van der Waals surface area (Å²) in [7, 11) is 0. The van der Waals surface area contributed by atoms with Crippen LogP contribution in [0.2, 0.25) is 0 Å². The number of nitrogens with one attached hydrogen (secondary N) is 3. The first-order chi connectivity index (χ1) is 13.0. The van der Waals surface area contributed by atoms with Crippen LogP contribution in [0.25, 0.3) is 11.0 Å². The van der Waals surface area contributed by atoms with E-state index < -0.39 is 0 Å². The molecule has 0 fully saturated rings. The Morgan fingerprint density at radius 3 is 2.67 bits per heavy atom. The number of nitrogens with zero attached hydrogens (tertiary/aromatic N) is 1. The molecule has 0 bridgehead atoms. The molecule has 2 aromatic carbocycles. The van der Waals surface area contributed by atoms with Crippen molar-refractivity contribution in [2.24, 2.45) is 5.92 Å². The largest absolute Gasteiger partial charge is 0.346 e. The van der Waals surface area contributed by atoms with Gasteiger partial charge >= 0.3 is 0 Å². The Morgan fingerprint density at radius 2 is 1.89 bits per heavy atom. The van der Waals surface area contributed by atoms with Crippen LogP contribution in [0.1, 0.15) is 54.1 Å². The number of benzene rings is 2. The summed E-state index contributed by atoms with van der Waals surface area (Å²) in [5.41, 5.74) is 3.35. The molecule has 138 valence electrons. The monoisotopic (exact) mass is 362 g/mol. The van der Waals surface area contributed by atoms with Crippen LogP contribution in [0.15, 0.2) is 48.5 Å². The molecule has 0 spiro atoms. The van der Waals surface area contributed by atoms with Gasteiger partial charge in [0.05, 0.1) is 29.5 Å². The first-order valence-electron chi connectivity index (χ1n) is 9.16. The van der Waals surface area contributed by atoms with Gasteiger partial charge in [0.1, 0.15) is 5.82 Å². The van der Waals surface area contributed by atoms with Gasteiger partial charge in [0.2, 0.25) is 5.91 Å². The van der Waals surface area contributed by atoms with Crippen molar-refractivity contribution in [1.29, 1.82) is 0 Å². The van der Waals surface area contributed by atoms with E-state index in [9.17, 15) is 9.59 Å². The maximum Gasteiger partial charge on any atom is 0.252 e. The molecule has 6 heteroatoms. The topological polar surface area (TPSA) is 86.9 Å². The van der Waals surface area contributed by atoms with E-state index in [0.717, 1.165) is 22.4 Å². The highest BCUT2D eigenvalue weighted by atomic mass is 16.2. The molecule has 0 radical (unpaired) electrons. The van der Waals surface area contributed by atoms with Gasteiger partial charge in [-0.2, -0.15) is 0 Å². The van der Waals surface area contributed by atoms with Crippen LogP contribution in [0.5, 0.6) is 0 Å². The van der Waals surface area contributed by atoms with Gasteiger partial charge in [-0.25, -0.2) is 4.98 Å². The first-order valence-corrected chi connectivity index (χ1v) is 9.16. The highest BCUT2D eigenvalue weighted by Gasteiger charge is 2.31. The van der Waals surface area contributed by atoms with Crippen LogP contribution in [0.3, 0.4) is 0 Å². The molecule has 1 aliphatic rings. The molecule has 3 aromatic rings. The lowest BCUT2D eigenvalue weighted by molar-refractivity contribution is -0.122. The SMILES string of the molecule is CC(C)C(NC(=O)CC1NC(=O)c2ccccc21)c1nc2ccccc2[nH]1. The van der Waals surface area contributed by atoms with Crippen LogP contribution in [-0.2, 0) is 4.79 Å². The number of rotatable bonds is 5. The fraction of sp³-hybridized carbons (Fsp3) is 0.286. The molecule has 0 saturated carbocycles. The molecule has 2 amide bonds. The summed E-state index contributed by atoms with van der Waals surface area (Å²) in [6.07, 6.45) is 0.201. The summed E-state index contributed by atoms with van der Waals surface area (Å²) in [6.45, 7) is 4.09. The van der Waals surface area contributed by atoms with Crippen LogP contribution >= 0.6 is 0 Å². The van der Waals surface area contributed by atoms with Gasteiger partial charge in [-0.1, -0.05) is 44.2 Å². The van der Waals surface area contributed by atoms with Gasteiger partial charge in [-0.05, 0) is 29.7 Å². The van der Waals surface area contributed by atoms with Crippen molar-refractivity contribution in [1.82, 2.24) is 20.6 Å². The Labute approximate surface area is 157 Å². The van der Waals surface area contributed by atoms with E-state index in [0.29, 0.717) is 5.56 Å². The van der Waals surface area contributed by atoms with Crippen molar-refractivity contribution in [3.63, 3.8) is 0 Å². The third kappa shape index (κ3) is 3.30. The maximum absolute atomic E-state index is 12.7. The first kappa shape index (κ1) is 17.3. The lowest BCUT2D eigenvalue weighted by Gasteiger charge is -2.21. The fourth-order valence-electron chi connectivity index (χ4n) is 3.57. The number of para-hydroxylation sites is 2. The number of fused-ring (bicyclic) bond motifs is 2. The molecule has 27 heavy (non-hydrogen) atoms. The van der Waals surface area contributed by atoms with Crippen molar-refractivity contribution in [3.05, 3.63) is 65.5 Å². The predicted molar refractivity (Wildman–Crippen MR) is 103 cm³/mol. The molecule has 1 aromatic heterocycles. The van der Waals surface area contributed by atoms with Crippen LogP contribution < -0.4 is 10.6 Å². The normalized spacial score (nSPS) is 17.0. The minimum atomic E-state index is -0.294. The summed E-state index contributed by atoms with van der Waals surface area (Å²) in [4.78, 5) is 32.7. The van der Waals surface area contributed by atoms with E-state index in [2.05, 4.69) is 20.6 Å². The average molecular weight is 362 g/mol. The number of aromatic nitrogens is 2. The Kier molecular flexibility index (Phi) is 4.39. The quantitative estimate of drug-likeness (QED) is 0.651. The van der Waals surface area contributed by atoms with E-state index in [1.165, 1.54) is 0 Å². The number of hydrogen-bond acceptors (Lipinski definition) is 3. The third-order valence-electron chi connectivity index (χ3n) is 4.96. The van der Waals surface area contributed by atoms with Gasteiger partial charge in [-0.3, -0.25) is 9.59 Å². The predicted octanol–water partition coefficient (Wildman–Crippen LogP) is 3.25. The highest BCUT2D eigenvalue weighted by Crippen LogP contribution is 2.28. The minimum absolute atomic E-state index is 0.115. The third-order valence-corrected chi connectivity index (χ3v) is 4.96. The number of carbonyl (C=O) groups is 2. The Balaban J connectivity index is 1.51. The number of aromatic amines is 1.